The van der Waals surface area contributed by atoms with Gasteiger partial charge in [-0.2, -0.15) is 5.10 Å². The number of carbonyl (C=O) groups is 1. The van der Waals surface area contributed by atoms with Crippen LogP contribution in [0.25, 0.3) is 5.69 Å². The van der Waals surface area contributed by atoms with Gasteiger partial charge in [-0.25, -0.2) is 9.07 Å². The van der Waals surface area contributed by atoms with E-state index in [1.807, 2.05) is 65.5 Å². The molecule has 3 atom stereocenters. The van der Waals surface area contributed by atoms with Crippen molar-refractivity contribution >= 4 is 5.97 Å². The van der Waals surface area contributed by atoms with Crippen LogP contribution in [0.4, 0.5) is 4.39 Å². The normalized spacial score (nSPS) is 19.8. The quantitative estimate of drug-likeness (QED) is 0.271. The molecule has 3 unspecified atom stereocenters. The first-order chi connectivity index (χ1) is 18.4. The number of fused-ring (bicyclic) bond motifs is 1. The van der Waals surface area contributed by atoms with Crippen LogP contribution in [0.5, 0.6) is 17.2 Å². The van der Waals surface area contributed by atoms with Crippen LogP contribution in [-0.4, -0.2) is 20.9 Å². The van der Waals surface area contributed by atoms with E-state index in [2.05, 4.69) is 18.9 Å². The summed E-state index contributed by atoms with van der Waals surface area (Å²) in [6.07, 6.45) is 3.50. The van der Waals surface area contributed by atoms with Crippen LogP contribution < -0.4 is 9.47 Å². The predicted octanol–water partition coefficient (Wildman–Crippen LogP) is 7.18. The lowest BCUT2D eigenvalue weighted by Gasteiger charge is -2.17. The highest BCUT2D eigenvalue weighted by molar-refractivity contribution is 5.75. The summed E-state index contributed by atoms with van der Waals surface area (Å²) in [5.74, 6) is 1.01. The Morgan fingerprint density at radius 2 is 1.76 bits per heavy atom. The summed E-state index contributed by atoms with van der Waals surface area (Å²) in [4.78, 5) is 11.2. The Balaban J connectivity index is 1.16. The van der Waals surface area contributed by atoms with E-state index in [9.17, 15) is 9.18 Å². The van der Waals surface area contributed by atoms with Gasteiger partial charge in [-0.3, -0.25) is 4.79 Å². The molecule has 1 N–H and O–H groups in total. The van der Waals surface area contributed by atoms with Crippen LogP contribution in [0, 0.1) is 11.7 Å². The van der Waals surface area contributed by atoms with Gasteiger partial charge in [0.1, 0.15) is 29.2 Å². The molecule has 1 saturated carbocycles. The molecule has 38 heavy (non-hydrogen) atoms. The van der Waals surface area contributed by atoms with Crippen molar-refractivity contribution in [1.29, 1.82) is 0 Å². The van der Waals surface area contributed by atoms with Crippen molar-refractivity contribution in [2.24, 2.45) is 5.92 Å². The van der Waals surface area contributed by atoms with E-state index >= 15 is 0 Å². The van der Waals surface area contributed by atoms with E-state index in [1.165, 1.54) is 6.07 Å². The molecule has 0 aliphatic heterocycles. The molecule has 194 valence electrons. The van der Waals surface area contributed by atoms with Gasteiger partial charge in [0, 0.05) is 17.3 Å². The lowest BCUT2D eigenvalue weighted by atomic mass is 10.1. The number of benzene rings is 3. The molecule has 2 aliphatic rings. The maximum atomic E-state index is 15.0. The second kappa shape index (κ2) is 9.63. The fraction of sp³-hybridized carbons (Fsp3) is 0.290. The van der Waals surface area contributed by atoms with Gasteiger partial charge in [0.25, 0.3) is 0 Å². The Labute approximate surface area is 220 Å². The lowest BCUT2D eigenvalue weighted by Crippen LogP contribution is -2.06. The average Bonchev–Trinajstić information content (AvgIpc) is 3.35. The second-order valence-corrected chi connectivity index (χ2v) is 10.4. The number of carboxylic acid groups (broad SMARTS) is 1. The Bertz CT molecular complexity index is 1480. The average molecular weight is 513 g/mol. The van der Waals surface area contributed by atoms with Crippen LogP contribution in [-0.2, 0) is 11.2 Å². The zero-order chi connectivity index (χ0) is 26.4. The minimum Gasteiger partial charge on any atom is -0.486 e. The Morgan fingerprint density at radius 3 is 2.42 bits per heavy atom. The smallest absolute Gasteiger partial charge is 0.307 e. The van der Waals surface area contributed by atoms with Crippen molar-refractivity contribution in [3.63, 3.8) is 0 Å². The first-order valence-electron chi connectivity index (χ1n) is 13.0. The van der Waals surface area contributed by atoms with Crippen LogP contribution in [0.2, 0.25) is 0 Å². The Morgan fingerprint density at radius 1 is 1.03 bits per heavy atom. The standard InChI is InChI=1S/C31H29FN2O4/c1-18(2)27-15-16-34(33-27)20-5-9-22(10-6-20)37-28-14-12-26(32)30-23(28)11-13-29(30)38-21-7-3-19(4-8-21)24-17-25(24)31(35)36/h3-10,12,14-16,18,24-25,29H,11,13,17H2,1-2H3,(H,35,36). The number of hydrogen-bond donors (Lipinski definition) is 1. The van der Waals surface area contributed by atoms with E-state index < -0.39 is 12.1 Å². The van der Waals surface area contributed by atoms with Gasteiger partial charge in [0.15, 0.2) is 0 Å². The molecular weight excluding hydrogens is 483 g/mol. The molecule has 4 aromatic rings. The van der Waals surface area contributed by atoms with Crippen molar-refractivity contribution in [1.82, 2.24) is 9.78 Å². The summed E-state index contributed by atoms with van der Waals surface area (Å²) >= 11 is 0. The van der Waals surface area contributed by atoms with Gasteiger partial charge in [-0.05, 0) is 91.3 Å². The molecule has 7 heteroatoms. The number of hydrogen-bond acceptors (Lipinski definition) is 4. The van der Waals surface area contributed by atoms with E-state index in [0.29, 0.717) is 48.0 Å². The molecule has 2 aliphatic carbocycles. The summed E-state index contributed by atoms with van der Waals surface area (Å²) in [5.41, 5.74) is 4.33. The number of carboxylic acids is 1. The largest absolute Gasteiger partial charge is 0.486 e. The third-order valence-corrected chi connectivity index (χ3v) is 7.46. The van der Waals surface area contributed by atoms with Crippen LogP contribution >= 0.6 is 0 Å². The van der Waals surface area contributed by atoms with Gasteiger partial charge in [-0.15, -0.1) is 0 Å². The number of aliphatic carboxylic acids is 1. The third-order valence-electron chi connectivity index (χ3n) is 7.46. The zero-order valence-corrected chi connectivity index (χ0v) is 21.3. The molecule has 6 nitrogen and oxygen atoms in total. The third kappa shape index (κ3) is 4.64. The predicted molar refractivity (Wildman–Crippen MR) is 141 cm³/mol. The minimum atomic E-state index is -0.750. The van der Waals surface area contributed by atoms with Crippen molar-refractivity contribution in [2.45, 2.75) is 51.0 Å². The lowest BCUT2D eigenvalue weighted by molar-refractivity contribution is -0.138. The van der Waals surface area contributed by atoms with Crippen LogP contribution in [0.1, 0.15) is 67.0 Å². The molecule has 3 aromatic carbocycles. The molecule has 0 saturated heterocycles. The SMILES string of the molecule is CC(C)c1ccn(-c2ccc(Oc3ccc(F)c4c3CCC4Oc3ccc(C4CC4C(=O)O)cc3)cc2)n1. The number of aromatic nitrogens is 2. The van der Waals surface area contributed by atoms with Gasteiger partial charge in [0.2, 0.25) is 0 Å². The van der Waals surface area contributed by atoms with Gasteiger partial charge < -0.3 is 14.6 Å². The first-order valence-corrected chi connectivity index (χ1v) is 13.0. The maximum absolute atomic E-state index is 15.0. The molecule has 0 bridgehead atoms. The summed E-state index contributed by atoms with van der Waals surface area (Å²) in [7, 11) is 0. The van der Waals surface area contributed by atoms with Gasteiger partial charge >= 0.3 is 5.97 Å². The molecule has 1 fully saturated rings. The van der Waals surface area contributed by atoms with Crippen molar-refractivity contribution < 1.29 is 23.8 Å². The molecule has 0 spiro atoms. The molecule has 0 amide bonds. The molecule has 6 rings (SSSR count). The van der Waals surface area contributed by atoms with Crippen molar-refractivity contribution in [2.75, 3.05) is 0 Å². The highest BCUT2D eigenvalue weighted by Gasteiger charge is 2.44. The van der Waals surface area contributed by atoms with E-state index in [1.54, 1.807) is 6.07 Å². The van der Waals surface area contributed by atoms with Crippen LogP contribution in [0.3, 0.4) is 0 Å². The maximum Gasteiger partial charge on any atom is 0.307 e. The van der Waals surface area contributed by atoms with E-state index in [0.717, 1.165) is 22.5 Å². The number of rotatable bonds is 8. The topological polar surface area (TPSA) is 73.6 Å². The number of nitrogens with zero attached hydrogens (tertiary/aromatic N) is 2. The molecule has 1 aromatic heterocycles. The molecular formula is C31H29FN2O4. The Hall–Kier alpha value is -4.13. The number of halogens is 1. The minimum absolute atomic E-state index is 0.0667. The fourth-order valence-corrected chi connectivity index (χ4v) is 5.23. The highest BCUT2D eigenvalue weighted by Crippen LogP contribution is 2.48. The summed E-state index contributed by atoms with van der Waals surface area (Å²) in [6, 6.07) is 20.3. The summed E-state index contributed by atoms with van der Waals surface area (Å²) < 4.78 is 29.2. The van der Waals surface area contributed by atoms with Crippen molar-refractivity contribution in [3.05, 3.63) is 101 Å². The fourth-order valence-electron chi connectivity index (χ4n) is 5.23. The van der Waals surface area contributed by atoms with E-state index in [4.69, 9.17) is 14.6 Å². The van der Waals surface area contributed by atoms with Gasteiger partial charge in [-0.1, -0.05) is 26.0 Å². The molecule has 1 heterocycles. The summed E-state index contributed by atoms with van der Waals surface area (Å²) in [5, 5.41) is 13.8. The van der Waals surface area contributed by atoms with E-state index in [-0.39, 0.29) is 17.7 Å². The molecule has 0 radical (unpaired) electrons. The number of ether oxygens (including phenoxy) is 2. The monoisotopic (exact) mass is 512 g/mol. The summed E-state index contributed by atoms with van der Waals surface area (Å²) in [6.45, 7) is 4.23. The zero-order valence-electron chi connectivity index (χ0n) is 21.3. The van der Waals surface area contributed by atoms with Crippen LogP contribution in [0.15, 0.2) is 72.9 Å². The second-order valence-electron chi connectivity index (χ2n) is 10.4. The van der Waals surface area contributed by atoms with Gasteiger partial charge in [0.05, 0.1) is 17.3 Å². The highest BCUT2D eigenvalue weighted by atomic mass is 19.1. The Kier molecular flexibility index (Phi) is 6.14. The first kappa shape index (κ1) is 24.2. The van der Waals surface area contributed by atoms with Crippen molar-refractivity contribution in [3.8, 4) is 22.9 Å².